The first-order valence-electron chi connectivity index (χ1n) is 5.44. The van der Waals surface area contributed by atoms with E-state index in [1.165, 1.54) is 0 Å². The van der Waals surface area contributed by atoms with Crippen LogP contribution in [0.25, 0.3) is 0 Å². The molecule has 1 aromatic rings. The lowest BCUT2D eigenvalue weighted by Crippen LogP contribution is -2.43. The molecule has 5 heteroatoms. The third-order valence-electron chi connectivity index (χ3n) is 3.31. The molecule has 1 aliphatic carbocycles. The molecule has 0 aromatic heterocycles. The van der Waals surface area contributed by atoms with Crippen LogP contribution in [0.1, 0.15) is 31.2 Å². The van der Waals surface area contributed by atoms with Gasteiger partial charge < -0.3 is 5.73 Å². The topological polar surface area (TPSA) is 26.0 Å². The molecule has 2 rings (SSSR count). The molecule has 1 aromatic carbocycles. The Morgan fingerprint density at radius 1 is 0.882 bits per heavy atom. The lowest BCUT2D eigenvalue weighted by atomic mass is 9.76. The Hall–Kier alpha value is -1.10. The first-order chi connectivity index (χ1) is 7.81. The van der Waals surface area contributed by atoms with Gasteiger partial charge in [-0.3, -0.25) is 0 Å². The first kappa shape index (κ1) is 12.4. The van der Waals surface area contributed by atoms with Crippen LogP contribution in [0.5, 0.6) is 0 Å². The van der Waals surface area contributed by atoms with Gasteiger partial charge in [-0.05, 0) is 30.5 Å². The van der Waals surface area contributed by atoms with Crippen molar-refractivity contribution in [2.45, 2.75) is 37.1 Å². The minimum absolute atomic E-state index is 0.0306. The highest BCUT2D eigenvalue weighted by Gasteiger charge is 2.42. The molecular formula is C12H13F4N. The van der Waals surface area contributed by atoms with E-state index < -0.39 is 23.1 Å². The average molecular weight is 247 g/mol. The van der Waals surface area contributed by atoms with E-state index in [1.807, 2.05) is 0 Å². The van der Waals surface area contributed by atoms with E-state index in [-0.39, 0.29) is 31.2 Å². The highest BCUT2D eigenvalue weighted by Crippen LogP contribution is 2.42. The Bertz CT molecular complexity index is 400. The highest BCUT2D eigenvalue weighted by atomic mass is 19.3. The molecule has 0 bridgehead atoms. The molecule has 1 aliphatic rings. The van der Waals surface area contributed by atoms with E-state index in [2.05, 4.69) is 0 Å². The fourth-order valence-electron chi connectivity index (χ4n) is 2.19. The summed E-state index contributed by atoms with van der Waals surface area (Å²) in [6, 6.07) is 2.98. The maximum Gasteiger partial charge on any atom is 0.248 e. The summed E-state index contributed by atoms with van der Waals surface area (Å²) in [5, 5.41) is 0. The van der Waals surface area contributed by atoms with Crippen LogP contribution in [0, 0.1) is 11.6 Å². The van der Waals surface area contributed by atoms with Crippen molar-refractivity contribution in [2.24, 2.45) is 5.73 Å². The van der Waals surface area contributed by atoms with Crippen LogP contribution >= 0.6 is 0 Å². The van der Waals surface area contributed by atoms with Crippen molar-refractivity contribution >= 4 is 0 Å². The van der Waals surface area contributed by atoms with Gasteiger partial charge in [0.2, 0.25) is 5.92 Å². The van der Waals surface area contributed by atoms with Gasteiger partial charge in [0.25, 0.3) is 0 Å². The Balaban J connectivity index is 2.27. The molecule has 2 N–H and O–H groups in total. The van der Waals surface area contributed by atoms with Crippen molar-refractivity contribution in [3.8, 4) is 0 Å². The molecule has 0 heterocycles. The van der Waals surface area contributed by atoms with Gasteiger partial charge >= 0.3 is 0 Å². The second-order valence-electron chi connectivity index (χ2n) is 4.67. The number of nitrogens with two attached hydrogens (primary N) is 1. The lowest BCUT2D eigenvalue weighted by molar-refractivity contribution is -0.0514. The van der Waals surface area contributed by atoms with Gasteiger partial charge in [0.1, 0.15) is 11.6 Å². The summed E-state index contributed by atoms with van der Waals surface area (Å²) in [5.74, 6) is -4.18. The molecule has 0 spiro atoms. The van der Waals surface area contributed by atoms with Crippen LogP contribution in [0.15, 0.2) is 18.2 Å². The molecule has 1 nitrogen and oxygen atoms in total. The van der Waals surface area contributed by atoms with Gasteiger partial charge in [-0.2, -0.15) is 0 Å². The van der Waals surface area contributed by atoms with E-state index in [4.69, 9.17) is 5.73 Å². The van der Waals surface area contributed by atoms with Crippen molar-refractivity contribution in [1.82, 2.24) is 0 Å². The molecule has 0 unspecified atom stereocenters. The molecule has 0 amide bonds. The number of alkyl halides is 2. The van der Waals surface area contributed by atoms with Gasteiger partial charge in [0.05, 0.1) is 0 Å². The van der Waals surface area contributed by atoms with Gasteiger partial charge in [-0.15, -0.1) is 0 Å². The van der Waals surface area contributed by atoms with Crippen molar-refractivity contribution in [3.63, 3.8) is 0 Å². The molecule has 0 saturated heterocycles. The Kier molecular flexibility index (Phi) is 2.89. The predicted octanol–water partition coefficient (Wildman–Crippen LogP) is 3.33. The second kappa shape index (κ2) is 3.98. The quantitative estimate of drug-likeness (QED) is 0.757. The van der Waals surface area contributed by atoms with Crippen LogP contribution in [-0.4, -0.2) is 5.92 Å². The Morgan fingerprint density at radius 2 is 1.35 bits per heavy atom. The van der Waals surface area contributed by atoms with Crippen LogP contribution in [0.3, 0.4) is 0 Å². The van der Waals surface area contributed by atoms with E-state index in [0.29, 0.717) is 0 Å². The summed E-state index contributed by atoms with van der Waals surface area (Å²) in [6.07, 6.45) is -0.630. The molecule has 0 radical (unpaired) electrons. The van der Waals surface area contributed by atoms with Crippen molar-refractivity contribution in [1.29, 1.82) is 0 Å². The third-order valence-corrected chi connectivity index (χ3v) is 3.31. The van der Waals surface area contributed by atoms with Crippen molar-refractivity contribution in [2.75, 3.05) is 0 Å². The molecule has 0 aliphatic heterocycles. The van der Waals surface area contributed by atoms with Gasteiger partial charge in [-0.25, -0.2) is 17.6 Å². The zero-order valence-corrected chi connectivity index (χ0v) is 9.15. The summed E-state index contributed by atoms with van der Waals surface area (Å²) in [7, 11) is 0. The number of benzene rings is 1. The van der Waals surface area contributed by atoms with Crippen molar-refractivity contribution in [3.05, 3.63) is 35.4 Å². The van der Waals surface area contributed by atoms with E-state index in [0.717, 1.165) is 18.2 Å². The number of halogens is 4. The van der Waals surface area contributed by atoms with E-state index >= 15 is 0 Å². The smallest absolute Gasteiger partial charge is 0.248 e. The average Bonchev–Trinajstić information content (AvgIpc) is 2.22. The van der Waals surface area contributed by atoms with Crippen LogP contribution in [0.2, 0.25) is 0 Å². The molecule has 1 saturated carbocycles. The molecule has 1 fully saturated rings. The monoisotopic (exact) mass is 247 g/mol. The first-order valence-corrected chi connectivity index (χ1v) is 5.44. The third kappa shape index (κ3) is 2.60. The Labute approximate surface area is 96.6 Å². The minimum Gasteiger partial charge on any atom is -0.321 e. The van der Waals surface area contributed by atoms with Gasteiger partial charge in [-0.1, -0.05) is 0 Å². The largest absolute Gasteiger partial charge is 0.321 e. The standard InChI is InChI=1S/C12H13F4N/c13-9-5-8(6-10(14)7-9)11(17)1-3-12(15,16)4-2-11/h5-7H,1-4,17H2. The van der Waals surface area contributed by atoms with Crippen LogP contribution in [0.4, 0.5) is 17.6 Å². The predicted molar refractivity (Wildman–Crippen MR) is 55.6 cm³/mol. The SMILES string of the molecule is NC1(c2cc(F)cc(F)c2)CCC(F)(F)CC1. The fraction of sp³-hybridized carbons (Fsp3) is 0.500. The summed E-state index contributed by atoms with van der Waals surface area (Å²) < 4.78 is 52.2. The highest BCUT2D eigenvalue weighted by molar-refractivity contribution is 5.26. The summed E-state index contributed by atoms with van der Waals surface area (Å²) >= 11 is 0. The number of hydrogen-bond donors (Lipinski definition) is 1. The molecule has 94 valence electrons. The van der Waals surface area contributed by atoms with E-state index in [9.17, 15) is 17.6 Å². The molecule has 17 heavy (non-hydrogen) atoms. The minimum atomic E-state index is -2.71. The van der Waals surface area contributed by atoms with Crippen LogP contribution < -0.4 is 5.73 Å². The van der Waals surface area contributed by atoms with Gasteiger partial charge in [0.15, 0.2) is 0 Å². The summed E-state index contributed by atoms with van der Waals surface area (Å²) in [5.41, 5.74) is 5.18. The Morgan fingerprint density at radius 3 is 1.82 bits per heavy atom. The van der Waals surface area contributed by atoms with Crippen LogP contribution in [-0.2, 0) is 5.54 Å². The normalized spacial score (nSPS) is 22.4. The second-order valence-corrected chi connectivity index (χ2v) is 4.67. The zero-order valence-electron chi connectivity index (χ0n) is 9.15. The van der Waals surface area contributed by atoms with Crippen molar-refractivity contribution < 1.29 is 17.6 Å². The van der Waals surface area contributed by atoms with E-state index in [1.54, 1.807) is 0 Å². The van der Waals surface area contributed by atoms with Gasteiger partial charge in [0, 0.05) is 24.4 Å². The lowest BCUT2D eigenvalue weighted by Gasteiger charge is -2.37. The number of hydrogen-bond acceptors (Lipinski definition) is 1. The molecule has 0 atom stereocenters. The number of rotatable bonds is 1. The summed E-state index contributed by atoms with van der Waals surface area (Å²) in [6.45, 7) is 0. The fourth-order valence-corrected chi connectivity index (χ4v) is 2.19. The maximum absolute atomic E-state index is 13.1. The molecular weight excluding hydrogens is 234 g/mol. The zero-order chi connectivity index (χ0) is 12.7. The summed E-state index contributed by atoms with van der Waals surface area (Å²) in [4.78, 5) is 0. The maximum atomic E-state index is 13.1.